The molecule has 2 rings (SSSR count). The van der Waals surface area contributed by atoms with Crippen molar-refractivity contribution in [1.82, 2.24) is 9.80 Å². The van der Waals surface area contributed by atoms with Gasteiger partial charge in [0.1, 0.15) is 5.82 Å². The van der Waals surface area contributed by atoms with E-state index in [-0.39, 0.29) is 5.82 Å². The Hall–Kier alpha value is -1.44. The van der Waals surface area contributed by atoms with Gasteiger partial charge in [0, 0.05) is 25.7 Å². The van der Waals surface area contributed by atoms with Gasteiger partial charge in [-0.1, -0.05) is 13.8 Å². The summed E-state index contributed by atoms with van der Waals surface area (Å²) in [6, 6.07) is 7.15. The molecule has 0 aromatic heterocycles. The number of rotatable bonds is 5. The van der Waals surface area contributed by atoms with Gasteiger partial charge in [0.15, 0.2) is 0 Å². The Balaban J connectivity index is 2.02. The monoisotopic (exact) mass is 275 g/mol. The average Bonchev–Trinajstić information content (AvgIpc) is 2.89. The zero-order valence-corrected chi connectivity index (χ0v) is 12.3. The van der Waals surface area contributed by atoms with Crippen molar-refractivity contribution in [2.24, 2.45) is 0 Å². The topological polar surface area (TPSA) is 30.3 Å². The summed E-state index contributed by atoms with van der Waals surface area (Å²) in [5.41, 5.74) is 1.38. The fraction of sp³-hybridized carbons (Fsp3) is 0.562. The van der Waals surface area contributed by atoms with Crippen molar-refractivity contribution in [2.45, 2.75) is 32.9 Å². The predicted molar refractivity (Wildman–Crippen MR) is 77.7 cm³/mol. The van der Waals surface area contributed by atoms with Gasteiger partial charge in [0.25, 0.3) is 0 Å². The molecule has 4 heteroatoms. The van der Waals surface area contributed by atoms with Crippen LogP contribution in [0.1, 0.15) is 31.4 Å². The number of nitriles is 1. The van der Waals surface area contributed by atoms with E-state index in [1.54, 1.807) is 6.07 Å². The van der Waals surface area contributed by atoms with Gasteiger partial charge in [-0.15, -0.1) is 0 Å². The summed E-state index contributed by atoms with van der Waals surface area (Å²) < 4.78 is 13.3. The molecule has 1 aromatic carbocycles. The van der Waals surface area contributed by atoms with Crippen molar-refractivity contribution >= 4 is 0 Å². The Kier molecular flexibility index (Phi) is 5.11. The Labute approximate surface area is 120 Å². The molecule has 1 unspecified atom stereocenters. The highest BCUT2D eigenvalue weighted by molar-refractivity contribution is 5.37. The summed E-state index contributed by atoms with van der Waals surface area (Å²) in [6.07, 6.45) is 1.15. The highest BCUT2D eigenvalue weighted by Crippen LogP contribution is 2.20. The number of likely N-dealkylation sites (N-methyl/N-ethyl adjacent to an activating group) is 1. The zero-order chi connectivity index (χ0) is 14.5. The number of likely N-dealkylation sites (tertiary alicyclic amines) is 1. The van der Waals surface area contributed by atoms with Crippen LogP contribution in [0.5, 0.6) is 0 Å². The van der Waals surface area contributed by atoms with Crippen LogP contribution in [-0.4, -0.2) is 42.0 Å². The Morgan fingerprint density at radius 2 is 2.15 bits per heavy atom. The van der Waals surface area contributed by atoms with Crippen LogP contribution < -0.4 is 0 Å². The molecule has 1 saturated heterocycles. The summed E-state index contributed by atoms with van der Waals surface area (Å²) in [5, 5.41) is 9.10. The van der Waals surface area contributed by atoms with Crippen LogP contribution in [0.3, 0.4) is 0 Å². The summed E-state index contributed by atoms with van der Waals surface area (Å²) >= 11 is 0. The SMILES string of the molecule is CCN(CC)C1CCN(Cc2cc(F)ccc2C#N)C1. The van der Waals surface area contributed by atoms with Crippen molar-refractivity contribution in [3.63, 3.8) is 0 Å². The first-order valence-corrected chi connectivity index (χ1v) is 7.32. The fourth-order valence-corrected chi connectivity index (χ4v) is 3.04. The fourth-order valence-electron chi connectivity index (χ4n) is 3.04. The maximum atomic E-state index is 13.3. The lowest BCUT2D eigenvalue weighted by Crippen LogP contribution is -2.37. The van der Waals surface area contributed by atoms with E-state index in [0.29, 0.717) is 18.2 Å². The second-order valence-corrected chi connectivity index (χ2v) is 5.31. The van der Waals surface area contributed by atoms with Crippen molar-refractivity contribution in [3.8, 4) is 6.07 Å². The van der Waals surface area contributed by atoms with Gasteiger partial charge in [-0.2, -0.15) is 5.26 Å². The molecule has 1 aliphatic rings. The molecule has 0 radical (unpaired) electrons. The molecule has 1 aliphatic heterocycles. The molecule has 1 heterocycles. The van der Waals surface area contributed by atoms with Gasteiger partial charge < -0.3 is 0 Å². The molecule has 20 heavy (non-hydrogen) atoms. The molecule has 0 aliphatic carbocycles. The normalized spacial score (nSPS) is 19.4. The lowest BCUT2D eigenvalue weighted by molar-refractivity contribution is 0.209. The van der Waals surface area contributed by atoms with Gasteiger partial charge >= 0.3 is 0 Å². The average molecular weight is 275 g/mol. The first-order chi connectivity index (χ1) is 9.67. The molecule has 0 spiro atoms. The van der Waals surface area contributed by atoms with Crippen molar-refractivity contribution < 1.29 is 4.39 Å². The number of nitrogens with zero attached hydrogens (tertiary/aromatic N) is 3. The van der Waals surface area contributed by atoms with E-state index < -0.39 is 0 Å². The second kappa shape index (κ2) is 6.83. The van der Waals surface area contributed by atoms with Crippen LogP contribution in [0.25, 0.3) is 0 Å². The number of hydrogen-bond donors (Lipinski definition) is 0. The Morgan fingerprint density at radius 1 is 1.40 bits per heavy atom. The van der Waals surface area contributed by atoms with Gasteiger partial charge in [-0.05, 0) is 43.3 Å². The molecule has 0 amide bonds. The third-order valence-electron chi connectivity index (χ3n) is 4.16. The summed E-state index contributed by atoms with van der Waals surface area (Å²) in [7, 11) is 0. The van der Waals surface area contributed by atoms with E-state index in [4.69, 9.17) is 5.26 Å². The molecule has 0 bridgehead atoms. The van der Waals surface area contributed by atoms with Crippen LogP contribution >= 0.6 is 0 Å². The highest BCUT2D eigenvalue weighted by Gasteiger charge is 2.26. The minimum atomic E-state index is -0.265. The smallest absolute Gasteiger partial charge is 0.123 e. The quantitative estimate of drug-likeness (QED) is 0.827. The number of benzene rings is 1. The van der Waals surface area contributed by atoms with E-state index >= 15 is 0 Å². The molecule has 1 aromatic rings. The van der Waals surface area contributed by atoms with E-state index in [9.17, 15) is 4.39 Å². The van der Waals surface area contributed by atoms with Crippen molar-refractivity contribution in [3.05, 3.63) is 35.1 Å². The maximum absolute atomic E-state index is 13.3. The summed E-state index contributed by atoms with van der Waals surface area (Å²) in [5.74, 6) is -0.265. The molecular formula is C16H22FN3. The van der Waals surface area contributed by atoms with Crippen molar-refractivity contribution in [1.29, 1.82) is 5.26 Å². The number of hydrogen-bond acceptors (Lipinski definition) is 3. The molecule has 0 N–H and O–H groups in total. The van der Waals surface area contributed by atoms with Gasteiger partial charge in [0.2, 0.25) is 0 Å². The Bertz CT molecular complexity index is 491. The maximum Gasteiger partial charge on any atom is 0.123 e. The van der Waals surface area contributed by atoms with Crippen LogP contribution in [0.4, 0.5) is 4.39 Å². The van der Waals surface area contributed by atoms with Gasteiger partial charge in [-0.3, -0.25) is 9.80 Å². The predicted octanol–water partition coefficient (Wildman–Crippen LogP) is 2.61. The van der Waals surface area contributed by atoms with Crippen molar-refractivity contribution in [2.75, 3.05) is 26.2 Å². The minimum Gasteiger partial charge on any atom is -0.300 e. The lowest BCUT2D eigenvalue weighted by atomic mass is 10.1. The largest absolute Gasteiger partial charge is 0.300 e. The molecular weight excluding hydrogens is 253 g/mol. The molecule has 1 atom stereocenters. The molecule has 1 fully saturated rings. The van der Waals surface area contributed by atoms with E-state index in [1.807, 2.05) is 0 Å². The molecule has 108 valence electrons. The van der Waals surface area contributed by atoms with Crippen LogP contribution in [0, 0.1) is 17.1 Å². The molecule has 0 saturated carbocycles. The first kappa shape index (κ1) is 15.0. The first-order valence-electron chi connectivity index (χ1n) is 7.32. The number of halogens is 1. The van der Waals surface area contributed by atoms with E-state index in [1.165, 1.54) is 12.1 Å². The summed E-state index contributed by atoms with van der Waals surface area (Å²) in [6.45, 7) is 9.19. The third-order valence-corrected chi connectivity index (χ3v) is 4.16. The van der Waals surface area contributed by atoms with Gasteiger partial charge in [0.05, 0.1) is 11.6 Å². The van der Waals surface area contributed by atoms with E-state index in [0.717, 1.165) is 38.2 Å². The molecule has 3 nitrogen and oxygen atoms in total. The van der Waals surface area contributed by atoms with E-state index in [2.05, 4.69) is 29.7 Å². The van der Waals surface area contributed by atoms with Crippen LogP contribution in [0.15, 0.2) is 18.2 Å². The lowest BCUT2D eigenvalue weighted by Gasteiger charge is -2.26. The van der Waals surface area contributed by atoms with Crippen LogP contribution in [0.2, 0.25) is 0 Å². The minimum absolute atomic E-state index is 0.265. The van der Waals surface area contributed by atoms with Crippen LogP contribution in [-0.2, 0) is 6.54 Å². The third kappa shape index (κ3) is 3.36. The standard InChI is InChI=1S/C16H22FN3/c1-3-20(4-2)16-7-8-19(12-16)11-14-9-15(17)6-5-13(14)10-18/h5-6,9,16H,3-4,7-8,11-12H2,1-2H3. The Morgan fingerprint density at radius 3 is 2.80 bits per heavy atom. The zero-order valence-electron chi connectivity index (χ0n) is 12.3. The highest BCUT2D eigenvalue weighted by atomic mass is 19.1. The van der Waals surface area contributed by atoms with Gasteiger partial charge in [-0.25, -0.2) is 4.39 Å². The summed E-state index contributed by atoms with van der Waals surface area (Å²) in [4.78, 5) is 4.79. The second-order valence-electron chi connectivity index (χ2n) is 5.31.